The van der Waals surface area contributed by atoms with Crippen LogP contribution in [0, 0.1) is 0 Å². The van der Waals surface area contributed by atoms with Crippen LogP contribution in [0.2, 0.25) is 10.8 Å². The van der Waals surface area contributed by atoms with Gasteiger partial charge in [0.1, 0.15) is 0 Å². The summed E-state index contributed by atoms with van der Waals surface area (Å²) in [5.41, 5.74) is 23.7. The van der Waals surface area contributed by atoms with Crippen molar-refractivity contribution in [3.63, 3.8) is 0 Å². The zero-order valence-electron chi connectivity index (χ0n) is 70.5. The van der Waals surface area contributed by atoms with E-state index in [-0.39, 0.29) is 0 Å². The van der Waals surface area contributed by atoms with Crippen molar-refractivity contribution in [2.24, 2.45) is 0 Å². The maximum atomic E-state index is 12.3. The van der Waals surface area contributed by atoms with E-state index in [0.717, 1.165) is 37.1 Å². The first-order valence-corrected chi connectivity index (χ1v) is 48.4. The molecule has 2 aromatic carbocycles. The predicted molar refractivity (Wildman–Crippen MR) is 459 cm³/mol. The van der Waals surface area contributed by atoms with E-state index in [2.05, 4.69) is 90.9 Å². The second-order valence-electron chi connectivity index (χ2n) is 33.1. The van der Waals surface area contributed by atoms with E-state index < -0.39 is 0 Å². The fourth-order valence-electron chi connectivity index (χ4n) is 16.0. The van der Waals surface area contributed by atoms with Gasteiger partial charge >= 0.3 is 116 Å². The van der Waals surface area contributed by atoms with Crippen molar-refractivity contribution < 1.29 is 19.1 Å². The summed E-state index contributed by atoms with van der Waals surface area (Å²) in [6.45, 7) is 16.1. The molecule has 0 atom stereocenters. The van der Waals surface area contributed by atoms with Crippen LogP contribution < -0.4 is 0 Å². The molecular weight excluding hydrogens is 1280 g/mol. The third-order valence-electron chi connectivity index (χ3n) is 22.8. The third kappa shape index (κ3) is 58.1. The molecule has 2 nitrogen and oxygen atoms in total. The number of allylic oxidation sites excluding steroid dienone is 2. The molecule has 2 aromatic rings. The molecule has 3 heteroatoms. The van der Waals surface area contributed by atoms with E-state index in [1.165, 1.54) is 499 Å². The minimum absolute atomic E-state index is 0.959. The summed E-state index contributed by atoms with van der Waals surface area (Å²) in [6, 6.07) is 14.7. The molecule has 596 valence electrons. The summed E-state index contributed by atoms with van der Waals surface area (Å²) < 4.78 is 1.58. The van der Waals surface area contributed by atoms with Gasteiger partial charge < -0.3 is 5.53 Å². The summed E-state index contributed by atoms with van der Waals surface area (Å²) in [4.78, 5) is 0. The number of aryl methyl sites for hydroxylation is 4. The minimum atomic E-state index is 0.959. The Morgan fingerprint density at radius 3 is 0.608 bits per heavy atom. The van der Waals surface area contributed by atoms with E-state index >= 15 is 0 Å². The van der Waals surface area contributed by atoms with Gasteiger partial charge in [-0.05, 0) is 105 Å². The van der Waals surface area contributed by atoms with Crippen LogP contribution in [0.15, 0.2) is 48.0 Å². The first-order valence-electron chi connectivity index (χ1n) is 47.0. The van der Waals surface area contributed by atoms with Gasteiger partial charge in [0.15, 0.2) is 0 Å². The second-order valence-corrected chi connectivity index (χ2v) is 34.5. The summed E-state index contributed by atoms with van der Waals surface area (Å²) in [6.07, 6.45) is 106. The van der Waals surface area contributed by atoms with Crippen LogP contribution in [0.3, 0.4) is 0 Å². The molecule has 1 aliphatic rings. The van der Waals surface area contributed by atoms with Gasteiger partial charge in [-0.2, -0.15) is 0 Å². The molecule has 1 heterocycles. The van der Waals surface area contributed by atoms with Gasteiger partial charge in [-0.25, -0.2) is 4.70 Å². The van der Waals surface area contributed by atoms with Crippen LogP contribution in [-0.2, 0) is 40.1 Å². The van der Waals surface area contributed by atoms with Crippen molar-refractivity contribution in [2.45, 2.75) is 534 Å². The first-order chi connectivity index (χ1) is 50.4. The molecule has 0 N–H and O–H groups in total. The van der Waals surface area contributed by atoms with Crippen molar-refractivity contribution >= 4 is 11.4 Å². The Hall–Kier alpha value is -1.99. The van der Waals surface area contributed by atoms with Gasteiger partial charge in [-0.15, -0.1) is 0 Å². The van der Waals surface area contributed by atoms with Crippen LogP contribution in [-0.4, -0.2) is 4.70 Å². The van der Waals surface area contributed by atoms with Crippen LogP contribution in [0.25, 0.3) is 16.9 Å². The van der Waals surface area contributed by atoms with Gasteiger partial charge in [0.25, 0.3) is 0 Å². The Kier molecular flexibility index (Phi) is 71.4. The molecule has 0 fully saturated rings. The average Bonchev–Trinajstić information content (AvgIpc) is 1.63. The molecule has 0 bridgehead atoms. The van der Waals surface area contributed by atoms with Gasteiger partial charge in [0, 0.05) is 22.8 Å². The van der Waals surface area contributed by atoms with Gasteiger partial charge in [0.05, 0.1) is 0 Å². The Morgan fingerprint density at radius 1 is 0.225 bits per heavy atom. The Bertz CT molecular complexity index is 2150. The van der Waals surface area contributed by atoms with Crippen molar-refractivity contribution in [3.05, 3.63) is 87.0 Å². The SMILES string of the molecule is CCCCCCCCCCCCCCCCCCCCCCCCCc1cc(CCCCCCCC)cc(C2=CC(C)=C(c3cc(CCCCCCCC)cc(CCCCCCCCCCCCCCCCCCCCCCCCC)c3)[N+]2=[N-])c1.CCCCCCC[CH2][Ni][CH2]CCCCCCC. The van der Waals surface area contributed by atoms with Gasteiger partial charge in [-0.1, -0.05) is 387 Å². The summed E-state index contributed by atoms with van der Waals surface area (Å²) in [7, 11) is 0. The second kappa shape index (κ2) is 75.8. The molecular formula is C99H180N2Ni. The summed E-state index contributed by atoms with van der Waals surface area (Å²) in [5.74, 6) is 0. The Labute approximate surface area is 647 Å². The Morgan fingerprint density at radius 2 is 0.402 bits per heavy atom. The van der Waals surface area contributed by atoms with Crippen LogP contribution in [0.4, 0.5) is 0 Å². The number of hydrogen-bond donors (Lipinski definition) is 0. The molecule has 0 radical (unpaired) electrons. The van der Waals surface area contributed by atoms with Crippen LogP contribution in [0.5, 0.6) is 0 Å². The average molecular weight is 1460 g/mol. The maximum absolute atomic E-state index is 12.3. The summed E-state index contributed by atoms with van der Waals surface area (Å²) in [5, 5.41) is 2.85. The summed E-state index contributed by atoms with van der Waals surface area (Å²) >= 11 is 2.01. The van der Waals surface area contributed by atoms with E-state index in [0.29, 0.717) is 0 Å². The van der Waals surface area contributed by atoms with Gasteiger partial charge in [-0.3, -0.25) is 0 Å². The van der Waals surface area contributed by atoms with Crippen molar-refractivity contribution in [1.82, 2.24) is 0 Å². The molecule has 1 aliphatic heterocycles. The molecule has 0 amide bonds. The number of rotatable bonds is 78. The fourth-order valence-corrected chi connectivity index (χ4v) is 17.2. The Balaban J connectivity index is 0.00000182. The van der Waals surface area contributed by atoms with Crippen molar-refractivity contribution in [2.75, 3.05) is 0 Å². The molecule has 102 heavy (non-hydrogen) atoms. The first kappa shape index (κ1) is 96.1. The topological polar surface area (TPSA) is 25.3 Å². The molecule has 0 saturated heterocycles. The number of benzene rings is 2. The van der Waals surface area contributed by atoms with Gasteiger partial charge in [0.2, 0.25) is 11.4 Å². The molecule has 0 aliphatic carbocycles. The quantitative estimate of drug-likeness (QED) is 0.0358. The predicted octanol–water partition coefficient (Wildman–Crippen LogP) is 36.0. The van der Waals surface area contributed by atoms with E-state index in [4.69, 9.17) is 0 Å². The molecule has 0 spiro atoms. The number of nitrogens with zero attached hydrogens (tertiary/aromatic N) is 2. The van der Waals surface area contributed by atoms with Crippen molar-refractivity contribution in [1.29, 1.82) is 0 Å². The molecule has 0 unspecified atom stereocenters. The fraction of sp³-hybridized carbons (Fsp3) is 0.838. The zero-order chi connectivity index (χ0) is 73.2. The van der Waals surface area contributed by atoms with Crippen LogP contribution >= 0.6 is 0 Å². The molecule has 0 saturated carbocycles. The third-order valence-corrected chi connectivity index (χ3v) is 24.2. The number of hydrogen-bond acceptors (Lipinski definition) is 0. The molecule has 3 rings (SSSR count). The normalized spacial score (nSPS) is 12.4. The van der Waals surface area contributed by atoms with E-state index in [1.807, 2.05) is 14.4 Å². The van der Waals surface area contributed by atoms with Crippen molar-refractivity contribution in [3.8, 4) is 0 Å². The zero-order valence-corrected chi connectivity index (χ0v) is 71.5. The number of unbranched alkanes of at least 4 members (excludes halogenated alkanes) is 64. The monoisotopic (exact) mass is 1460 g/mol. The van der Waals surface area contributed by atoms with E-state index in [9.17, 15) is 5.53 Å². The molecule has 0 aromatic heterocycles. The standard InChI is InChI=1S/C83H146N2.2C8H17.Ni/c1-6-10-14-18-22-24-26-28-30-32-34-36-38-40-42-44-46-48-50-52-54-58-62-65-77-69-76(64-60-56-20-16-12-8-3)71-80(72-77)82-68-75(5)83(85(82)84)81-73-78(66-61-57-21-17-13-9-4)70-79(74-81)67-63-59-55-53-51-49-47-45-43-41-39-37-35-33-31-29-27-25-23-19-15-11-7-2;2*1-3-5-7-8-6-4-2;/h68-74H,6-67H2,1-5H3;2*1,3-8H2,2H3;. The van der Waals surface area contributed by atoms with E-state index in [1.54, 1.807) is 4.70 Å². The van der Waals surface area contributed by atoms with Crippen LogP contribution in [0.1, 0.15) is 531 Å².